The molecule has 0 bridgehead atoms. The van der Waals surface area contributed by atoms with Crippen LogP contribution >= 0.6 is 11.3 Å². The lowest BCUT2D eigenvalue weighted by atomic mass is 10.2. The van der Waals surface area contributed by atoms with Crippen molar-refractivity contribution in [3.8, 4) is 6.07 Å². The number of thiazole rings is 1. The number of nitrogens with one attached hydrogen (secondary N) is 2. The van der Waals surface area contributed by atoms with Crippen molar-refractivity contribution in [1.29, 1.82) is 5.26 Å². The smallest absolute Gasteiger partial charge is 0.234 e. The third-order valence-electron chi connectivity index (χ3n) is 2.46. The van der Waals surface area contributed by atoms with E-state index in [1.807, 2.05) is 26.8 Å². The molecular weight excluding hydrogens is 248 g/mol. The van der Waals surface area contributed by atoms with Crippen LogP contribution in [0.25, 0.3) is 0 Å². The summed E-state index contributed by atoms with van der Waals surface area (Å²) in [6, 6.07) is 2.09. The number of hydrogen-bond acceptors (Lipinski definition) is 5. The van der Waals surface area contributed by atoms with Crippen molar-refractivity contribution in [2.75, 3.05) is 13.1 Å². The van der Waals surface area contributed by atoms with E-state index in [0.717, 1.165) is 15.6 Å². The highest BCUT2D eigenvalue weighted by atomic mass is 32.1. The van der Waals surface area contributed by atoms with Gasteiger partial charge in [0.1, 0.15) is 0 Å². The topological polar surface area (TPSA) is 77.8 Å². The Kier molecular flexibility index (Phi) is 5.75. The van der Waals surface area contributed by atoms with Gasteiger partial charge in [0.05, 0.1) is 29.7 Å². The van der Waals surface area contributed by atoms with Crippen LogP contribution in [0.3, 0.4) is 0 Å². The molecular formula is C12H18N4OS. The van der Waals surface area contributed by atoms with E-state index in [1.54, 1.807) is 11.3 Å². The summed E-state index contributed by atoms with van der Waals surface area (Å²) >= 11 is 1.65. The molecule has 1 atom stereocenters. The maximum atomic E-state index is 11.4. The zero-order valence-electron chi connectivity index (χ0n) is 10.9. The Labute approximate surface area is 111 Å². The Bertz CT molecular complexity index is 449. The van der Waals surface area contributed by atoms with Crippen LogP contribution in [0.5, 0.6) is 0 Å². The van der Waals surface area contributed by atoms with Crippen molar-refractivity contribution in [3.05, 3.63) is 15.6 Å². The van der Waals surface area contributed by atoms with Crippen LogP contribution in [-0.2, 0) is 4.79 Å². The summed E-state index contributed by atoms with van der Waals surface area (Å²) in [7, 11) is 0. The van der Waals surface area contributed by atoms with Gasteiger partial charge in [0.25, 0.3) is 0 Å². The standard InChI is InChI=1S/C12H18N4OS/c1-8(12-9(2)16-10(3)18-12)15-7-11(17)14-6-4-5-13/h8,15H,4,6-7H2,1-3H3,(H,14,17). The predicted octanol–water partition coefficient (Wildman–Crippen LogP) is 1.44. The third-order valence-corrected chi connectivity index (χ3v) is 3.72. The van der Waals surface area contributed by atoms with Gasteiger partial charge in [0, 0.05) is 17.5 Å². The molecule has 0 aromatic carbocycles. The average Bonchev–Trinajstić information content (AvgIpc) is 2.66. The molecule has 1 amide bonds. The summed E-state index contributed by atoms with van der Waals surface area (Å²) in [5.41, 5.74) is 1.02. The number of carbonyl (C=O) groups excluding carboxylic acids is 1. The summed E-state index contributed by atoms with van der Waals surface area (Å²) in [5.74, 6) is -0.0870. The maximum Gasteiger partial charge on any atom is 0.234 e. The summed E-state index contributed by atoms with van der Waals surface area (Å²) in [4.78, 5) is 17.0. The van der Waals surface area contributed by atoms with Gasteiger partial charge >= 0.3 is 0 Å². The quantitative estimate of drug-likeness (QED) is 0.764. The van der Waals surface area contributed by atoms with Crippen molar-refractivity contribution >= 4 is 17.2 Å². The van der Waals surface area contributed by atoms with Gasteiger partial charge < -0.3 is 10.6 Å². The number of carbonyl (C=O) groups is 1. The highest BCUT2D eigenvalue weighted by Crippen LogP contribution is 2.23. The van der Waals surface area contributed by atoms with Crippen LogP contribution in [0.2, 0.25) is 0 Å². The molecule has 1 rings (SSSR count). The summed E-state index contributed by atoms with van der Waals surface area (Å²) < 4.78 is 0. The zero-order chi connectivity index (χ0) is 13.5. The molecule has 18 heavy (non-hydrogen) atoms. The number of nitriles is 1. The number of nitrogens with zero attached hydrogens (tertiary/aromatic N) is 2. The summed E-state index contributed by atoms with van der Waals surface area (Å²) in [5, 5.41) is 15.2. The summed E-state index contributed by atoms with van der Waals surface area (Å²) in [6.07, 6.45) is 0.342. The first kappa shape index (κ1) is 14.6. The molecule has 1 heterocycles. The number of rotatable bonds is 6. The second-order valence-corrected chi connectivity index (χ2v) is 5.28. The first-order valence-corrected chi connectivity index (χ1v) is 6.67. The van der Waals surface area contributed by atoms with Crippen LogP contribution in [-0.4, -0.2) is 24.0 Å². The lowest BCUT2D eigenvalue weighted by molar-refractivity contribution is -0.120. The van der Waals surface area contributed by atoms with Crippen LogP contribution in [0.4, 0.5) is 0 Å². The second kappa shape index (κ2) is 7.09. The molecule has 0 radical (unpaired) electrons. The van der Waals surface area contributed by atoms with Gasteiger partial charge in [0.15, 0.2) is 0 Å². The minimum absolute atomic E-state index is 0.0870. The molecule has 1 unspecified atom stereocenters. The molecule has 2 N–H and O–H groups in total. The molecule has 0 saturated carbocycles. The minimum Gasteiger partial charge on any atom is -0.354 e. The SMILES string of the molecule is Cc1nc(C)c(C(C)NCC(=O)NCCC#N)s1. The van der Waals surface area contributed by atoms with Crippen molar-refractivity contribution < 1.29 is 4.79 Å². The van der Waals surface area contributed by atoms with E-state index in [1.165, 1.54) is 0 Å². The third kappa shape index (κ3) is 4.43. The van der Waals surface area contributed by atoms with E-state index in [9.17, 15) is 4.79 Å². The Morgan fingerprint density at radius 2 is 2.28 bits per heavy atom. The van der Waals surface area contributed by atoms with Crippen molar-refractivity contribution in [2.24, 2.45) is 0 Å². The van der Waals surface area contributed by atoms with Gasteiger partial charge in [-0.25, -0.2) is 4.98 Å². The fourth-order valence-corrected chi connectivity index (χ4v) is 2.56. The van der Waals surface area contributed by atoms with Gasteiger partial charge in [-0.3, -0.25) is 4.79 Å². The Balaban J connectivity index is 2.37. The lowest BCUT2D eigenvalue weighted by Gasteiger charge is -2.12. The van der Waals surface area contributed by atoms with Gasteiger partial charge in [-0.05, 0) is 20.8 Å². The molecule has 0 saturated heterocycles. The molecule has 0 spiro atoms. The van der Waals surface area contributed by atoms with Crippen LogP contribution in [0.1, 0.15) is 35.0 Å². The molecule has 6 heteroatoms. The van der Waals surface area contributed by atoms with Crippen molar-refractivity contribution in [1.82, 2.24) is 15.6 Å². The largest absolute Gasteiger partial charge is 0.354 e. The first-order valence-electron chi connectivity index (χ1n) is 5.85. The predicted molar refractivity (Wildman–Crippen MR) is 71.2 cm³/mol. The second-order valence-electron chi connectivity index (χ2n) is 4.04. The number of amides is 1. The number of aryl methyl sites for hydroxylation is 2. The normalized spacial score (nSPS) is 11.9. The van der Waals surface area contributed by atoms with Crippen LogP contribution in [0.15, 0.2) is 0 Å². The highest BCUT2D eigenvalue weighted by Gasteiger charge is 2.13. The highest BCUT2D eigenvalue weighted by molar-refractivity contribution is 7.11. The van der Waals surface area contributed by atoms with Gasteiger partial charge in [-0.1, -0.05) is 0 Å². The molecule has 0 aliphatic carbocycles. The van der Waals surface area contributed by atoms with E-state index < -0.39 is 0 Å². The Hall–Kier alpha value is -1.45. The molecule has 1 aromatic heterocycles. The average molecular weight is 266 g/mol. The minimum atomic E-state index is -0.0870. The fourth-order valence-electron chi connectivity index (χ4n) is 1.61. The molecule has 0 fully saturated rings. The van der Waals surface area contributed by atoms with E-state index >= 15 is 0 Å². The lowest BCUT2D eigenvalue weighted by Crippen LogP contribution is -2.35. The maximum absolute atomic E-state index is 11.4. The van der Waals surface area contributed by atoms with Crippen LogP contribution in [0, 0.1) is 25.2 Å². The van der Waals surface area contributed by atoms with E-state index in [2.05, 4.69) is 15.6 Å². The molecule has 98 valence electrons. The number of aromatic nitrogens is 1. The summed E-state index contributed by atoms with van der Waals surface area (Å²) in [6.45, 7) is 6.63. The van der Waals surface area contributed by atoms with E-state index in [0.29, 0.717) is 13.0 Å². The fraction of sp³-hybridized carbons (Fsp3) is 0.583. The monoisotopic (exact) mass is 266 g/mol. The van der Waals surface area contributed by atoms with E-state index in [4.69, 9.17) is 5.26 Å². The van der Waals surface area contributed by atoms with Gasteiger partial charge in [-0.2, -0.15) is 5.26 Å². The molecule has 0 aliphatic heterocycles. The van der Waals surface area contributed by atoms with E-state index in [-0.39, 0.29) is 18.5 Å². The van der Waals surface area contributed by atoms with Crippen molar-refractivity contribution in [3.63, 3.8) is 0 Å². The molecule has 0 aliphatic rings. The Morgan fingerprint density at radius 1 is 1.56 bits per heavy atom. The number of hydrogen-bond donors (Lipinski definition) is 2. The molecule has 5 nitrogen and oxygen atoms in total. The van der Waals surface area contributed by atoms with Crippen LogP contribution < -0.4 is 10.6 Å². The first-order chi connectivity index (χ1) is 8.54. The van der Waals surface area contributed by atoms with Gasteiger partial charge in [0.2, 0.25) is 5.91 Å². The van der Waals surface area contributed by atoms with Crippen molar-refractivity contribution in [2.45, 2.75) is 33.2 Å². The Morgan fingerprint density at radius 3 is 2.83 bits per heavy atom. The molecule has 1 aromatic rings. The zero-order valence-corrected chi connectivity index (χ0v) is 11.7. The van der Waals surface area contributed by atoms with Gasteiger partial charge in [-0.15, -0.1) is 11.3 Å².